The van der Waals surface area contributed by atoms with Gasteiger partial charge in [-0.05, 0) is 114 Å². The topological polar surface area (TPSA) is 341 Å². The van der Waals surface area contributed by atoms with Crippen LogP contribution in [0.5, 0.6) is 5.75 Å². The van der Waals surface area contributed by atoms with Crippen molar-refractivity contribution in [2.75, 3.05) is 32.8 Å². The molecule has 3 heterocycles. The van der Waals surface area contributed by atoms with Crippen LogP contribution in [0.4, 0.5) is 0 Å². The summed E-state index contributed by atoms with van der Waals surface area (Å²) in [4.78, 5) is 162. The largest absolute Gasteiger partial charge is 0.508 e. The maximum atomic E-state index is 14.9. The first-order valence-corrected chi connectivity index (χ1v) is 31.8. The number of aliphatic hydroxyl groups is 1. The molecule has 3 aromatic rings. The first-order chi connectivity index (χ1) is 43.2. The number of phenolic OH excluding ortho intramolecular Hbond substituents is 1. The molecule has 23 heteroatoms. The first-order valence-electron chi connectivity index (χ1n) is 31.8. The van der Waals surface area contributed by atoms with Crippen molar-refractivity contribution in [3.63, 3.8) is 0 Å². The van der Waals surface area contributed by atoms with E-state index in [1.54, 1.807) is 52.2 Å². The number of para-hydroxylation sites is 1. The number of H-pyrrole nitrogens is 1. The number of ketones is 5. The lowest BCUT2D eigenvalue weighted by atomic mass is 9.88. The Labute approximate surface area is 532 Å². The van der Waals surface area contributed by atoms with Gasteiger partial charge in [0.15, 0.2) is 23.1 Å². The maximum absolute atomic E-state index is 14.9. The second kappa shape index (κ2) is 34.3. The van der Waals surface area contributed by atoms with Gasteiger partial charge in [0.25, 0.3) is 0 Å². The molecule has 2 aliphatic heterocycles. The molecule has 0 spiro atoms. The van der Waals surface area contributed by atoms with Gasteiger partial charge >= 0.3 is 0 Å². The van der Waals surface area contributed by atoms with Gasteiger partial charge in [0, 0.05) is 123 Å². The molecule has 2 aromatic carbocycles. The number of hydrogen-bond donors (Lipinski definition) is 9. The molecule has 1 aromatic heterocycles. The van der Waals surface area contributed by atoms with Gasteiger partial charge in [0.2, 0.25) is 35.4 Å². The van der Waals surface area contributed by atoms with Crippen molar-refractivity contribution in [1.29, 1.82) is 0 Å². The number of hydrogen-bond acceptors (Lipinski definition) is 16. The van der Waals surface area contributed by atoms with Gasteiger partial charge in [-0.3, -0.25) is 57.7 Å². The van der Waals surface area contributed by atoms with Crippen LogP contribution in [0.1, 0.15) is 143 Å². The Balaban J connectivity index is 1.24. The van der Waals surface area contributed by atoms with Gasteiger partial charge in [-0.2, -0.15) is 0 Å². The molecule has 6 amide bonds. The van der Waals surface area contributed by atoms with Crippen molar-refractivity contribution in [3.05, 3.63) is 89.9 Å². The van der Waals surface area contributed by atoms with E-state index in [1.165, 1.54) is 24.0 Å². The van der Waals surface area contributed by atoms with Gasteiger partial charge in [-0.25, -0.2) is 0 Å². The summed E-state index contributed by atoms with van der Waals surface area (Å²) >= 11 is 0. The summed E-state index contributed by atoms with van der Waals surface area (Å²) in [7, 11) is 0. The molecule has 1 saturated heterocycles. The number of benzene rings is 2. The van der Waals surface area contributed by atoms with E-state index in [4.69, 9.17) is 4.74 Å². The van der Waals surface area contributed by atoms with Crippen LogP contribution in [0, 0.1) is 29.6 Å². The van der Waals surface area contributed by atoms with E-state index in [1.807, 2.05) is 44.2 Å². The highest BCUT2D eigenvalue weighted by Crippen LogP contribution is 2.28. The summed E-state index contributed by atoms with van der Waals surface area (Å²) in [5.41, 5.74) is 2.38. The van der Waals surface area contributed by atoms with Crippen LogP contribution in [0.2, 0.25) is 0 Å². The molecular formula is C68H93N9O14. The van der Waals surface area contributed by atoms with Crippen LogP contribution < -0.4 is 31.9 Å². The number of aliphatic hydroxyl groups excluding tert-OH is 1. The summed E-state index contributed by atoms with van der Waals surface area (Å²) in [6, 6.07) is 7.25. The first kappa shape index (κ1) is 71.9. The average molecular weight is 1260 g/mol. The quantitative estimate of drug-likeness (QED) is 0.0347. The Morgan fingerprint density at radius 2 is 1.42 bits per heavy atom. The van der Waals surface area contributed by atoms with Crippen molar-refractivity contribution in [3.8, 4) is 5.75 Å². The molecule has 9 N–H and O–H groups in total. The number of allylic oxidation sites excluding steroid dienone is 2. The number of ether oxygens (including phenoxy) is 1. The number of aromatic nitrogens is 1. The van der Waals surface area contributed by atoms with Crippen LogP contribution in [0.3, 0.4) is 0 Å². The minimum Gasteiger partial charge on any atom is -0.508 e. The fourth-order valence-corrected chi connectivity index (χ4v) is 11.7. The molecular weight excluding hydrogens is 1170 g/mol. The number of aliphatic imine (C=N–C) groups is 1. The zero-order valence-electron chi connectivity index (χ0n) is 53.7. The van der Waals surface area contributed by atoms with E-state index in [2.05, 4.69) is 48.5 Å². The standard InChI is InChI=1S/C68H93N9O14/c1-40(2)28-45(64(87)73-54(17-12-25-69-41(3)4)67(90)77-27-13-18-58(77)62(85)37-71-42(5)79)32-61(84)57(39-91-68(6,7)8)76-65(88)46(29-43-19-22-50(80)23-20-43)33-60(83)56(38-78)75-66(89)47(30-48-36-72-53-16-10-9-15-52(48)53)34-59(82)55(35-49-14-11-26-70-49)74-63(86)44-21-24-51(81)31-44/h9-10,14-16,19-20,22-23,26,36,40,44-47,54-58,69,72,78,80H,3,11-13,17-18,21,24-25,27-35,37-39H2,1-2,4-8H3,(H,71,79)(H,73,87)(H,74,86)(H,75,89)(H,76,88). The van der Waals surface area contributed by atoms with Gasteiger partial charge < -0.3 is 56.7 Å². The summed E-state index contributed by atoms with van der Waals surface area (Å²) < 4.78 is 6.13. The van der Waals surface area contributed by atoms with Crippen LogP contribution in [-0.4, -0.2) is 159 Å². The smallest absolute Gasteiger partial charge is 0.245 e. The van der Waals surface area contributed by atoms with Crippen molar-refractivity contribution in [2.24, 2.45) is 34.6 Å². The van der Waals surface area contributed by atoms with Crippen LogP contribution >= 0.6 is 0 Å². The minimum absolute atomic E-state index is 0.0141. The summed E-state index contributed by atoms with van der Waals surface area (Å²) in [6.45, 7) is 15.1. The molecule has 1 aliphatic carbocycles. The number of carbonyl (C=O) groups excluding carboxylic acids is 11. The van der Waals surface area contributed by atoms with Crippen molar-refractivity contribution in [2.45, 2.75) is 181 Å². The number of fused-ring (bicyclic) bond motifs is 1. The number of amides is 6. The Bertz CT molecular complexity index is 3180. The predicted molar refractivity (Wildman–Crippen MR) is 342 cm³/mol. The fourth-order valence-electron chi connectivity index (χ4n) is 11.7. The van der Waals surface area contributed by atoms with Crippen molar-refractivity contribution >= 4 is 81.5 Å². The maximum Gasteiger partial charge on any atom is 0.245 e. The Kier molecular flexibility index (Phi) is 27.1. The highest BCUT2D eigenvalue weighted by Gasteiger charge is 2.40. The van der Waals surface area contributed by atoms with Crippen LogP contribution in [-0.2, 0) is 70.3 Å². The molecule has 0 radical (unpaired) electrons. The van der Waals surface area contributed by atoms with Crippen LogP contribution in [0.25, 0.3) is 10.9 Å². The number of carbonyl (C=O) groups is 11. The fraction of sp³-hybridized carbons (Fsp3) is 0.559. The second-order valence-electron chi connectivity index (χ2n) is 25.9. The third-order valence-electron chi connectivity index (χ3n) is 16.6. The van der Waals surface area contributed by atoms with E-state index >= 15 is 0 Å². The van der Waals surface area contributed by atoms with E-state index in [0.29, 0.717) is 61.2 Å². The summed E-state index contributed by atoms with van der Waals surface area (Å²) in [5.74, 6) is -10.0. The number of Topliss-reactive ketones (excluding diaryl/α,β-unsaturated/α-hetero) is 5. The predicted octanol–water partition coefficient (Wildman–Crippen LogP) is 4.89. The Morgan fingerprint density at radius 1 is 0.780 bits per heavy atom. The minimum atomic E-state index is -1.60. The molecule has 0 bridgehead atoms. The summed E-state index contributed by atoms with van der Waals surface area (Å²) in [5, 5.41) is 38.8. The number of phenols is 1. The molecule has 6 rings (SSSR count). The number of nitrogens with zero attached hydrogens (tertiary/aromatic N) is 2. The number of rotatable bonds is 37. The van der Waals surface area contributed by atoms with Gasteiger partial charge in [-0.15, -0.1) is 0 Å². The number of nitrogens with one attached hydrogen (secondary N) is 7. The number of aromatic amines is 1. The molecule has 494 valence electrons. The molecule has 2 fully saturated rings. The zero-order chi connectivity index (χ0) is 66.5. The van der Waals surface area contributed by atoms with Crippen molar-refractivity contribution in [1.82, 2.24) is 41.8 Å². The van der Waals surface area contributed by atoms with Crippen LogP contribution in [0.15, 0.2) is 83.8 Å². The third-order valence-corrected chi connectivity index (χ3v) is 16.6. The van der Waals surface area contributed by atoms with E-state index < -0.39 is 138 Å². The Hall–Kier alpha value is -8.18. The Morgan fingerprint density at radius 3 is 2.04 bits per heavy atom. The molecule has 91 heavy (non-hydrogen) atoms. The molecule has 9 unspecified atom stereocenters. The van der Waals surface area contributed by atoms with E-state index in [-0.39, 0.29) is 87.9 Å². The van der Waals surface area contributed by atoms with Gasteiger partial charge in [-0.1, -0.05) is 56.8 Å². The molecule has 23 nitrogen and oxygen atoms in total. The van der Waals surface area contributed by atoms with E-state index in [0.717, 1.165) is 10.9 Å². The molecule has 3 aliphatic rings. The van der Waals surface area contributed by atoms with E-state index in [9.17, 15) is 63.0 Å². The normalized spacial score (nSPS) is 17.9. The number of likely N-dealkylation sites (tertiary alicyclic amines) is 1. The lowest BCUT2D eigenvalue weighted by Crippen LogP contribution is -2.54. The van der Waals surface area contributed by atoms with Gasteiger partial charge in [0.1, 0.15) is 29.7 Å². The van der Waals surface area contributed by atoms with Crippen molar-refractivity contribution < 1.29 is 67.7 Å². The monoisotopic (exact) mass is 1260 g/mol. The SMILES string of the molecule is C=C(C)NCCCC(NC(=O)C(CC(=O)C(COC(C)(C)C)NC(=O)C(CC(=O)C(CO)NC(=O)C(CC(=O)C(CC1=CCC=N1)NC(=O)C1CCC(=O)C1)Cc1c[nH]c2ccccc12)Cc1ccc(O)cc1)CC(C)C)C(=O)N1CCCC1C(=O)CNC(C)=O. The zero-order valence-corrected chi connectivity index (χ0v) is 53.7. The highest BCUT2D eigenvalue weighted by molar-refractivity contribution is 5.99. The van der Waals surface area contributed by atoms with Gasteiger partial charge in [0.05, 0.1) is 37.4 Å². The molecule has 9 atom stereocenters. The second-order valence-corrected chi connectivity index (χ2v) is 25.9. The highest BCUT2D eigenvalue weighted by atomic mass is 16.5. The lowest BCUT2D eigenvalue weighted by molar-refractivity contribution is -0.142. The number of aromatic hydroxyl groups is 1. The summed E-state index contributed by atoms with van der Waals surface area (Å²) in [6.07, 6.45) is 6.54. The molecule has 1 saturated carbocycles. The lowest BCUT2D eigenvalue weighted by Gasteiger charge is -2.30. The average Bonchev–Trinajstić information content (AvgIpc) is 1.83. The third kappa shape index (κ3) is 22.6.